The van der Waals surface area contributed by atoms with Gasteiger partial charge in [-0.05, 0) is 19.3 Å². The molecule has 1 saturated heterocycles. The minimum atomic E-state index is -0.929. The Hall–Kier alpha value is -1.57. The first-order chi connectivity index (χ1) is 11.7. The second kappa shape index (κ2) is 10.3. The number of hydrogen-bond donors (Lipinski definition) is 2. The summed E-state index contributed by atoms with van der Waals surface area (Å²) in [6.45, 7) is 1.72. The average Bonchev–Trinajstić information content (AvgIpc) is 2.61. The van der Waals surface area contributed by atoms with Crippen LogP contribution in [0.2, 0.25) is 0 Å². The number of ether oxygens (including phenoxy) is 1. The molecule has 1 amide bonds. The van der Waals surface area contributed by atoms with Crippen molar-refractivity contribution in [3.63, 3.8) is 0 Å². The summed E-state index contributed by atoms with van der Waals surface area (Å²) in [5.41, 5.74) is 0.303. The highest BCUT2D eigenvalue weighted by atomic mass is 16.5. The van der Waals surface area contributed by atoms with Crippen molar-refractivity contribution < 1.29 is 19.7 Å². The first-order valence-electron chi connectivity index (χ1n) is 8.67. The van der Waals surface area contributed by atoms with Gasteiger partial charge >= 0.3 is 0 Å². The zero-order chi connectivity index (χ0) is 17.2. The number of carbonyl (C=O) groups is 1. The molecule has 7 nitrogen and oxygen atoms in total. The van der Waals surface area contributed by atoms with Crippen LogP contribution in [0, 0.1) is 0 Å². The number of aromatic nitrogens is 2. The predicted octanol–water partition coefficient (Wildman–Crippen LogP) is 1.01. The zero-order valence-electron chi connectivity index (χ0n) is 14.0. The Labute approximate surface area is 142 Å². The monoisotopic (exact) mass is 337 g/mol. The van der Waals surface area contributed by atoms with E-state index in [2.05, 4.69) is 9.97 Å². The lowest BCUT2D eigenvalue weighted by molar-refractivity contribution is -0.0434. The summed E-state index contributed by atoms with van der Waals surface area (Å²) in [6, 6.07) is 0. The molecule has 0 radical (unpaired) electrons. The molecule has 2 rings (SSSR count). The van der Waals surface area contributed by atoms with E-state index in [1.807, 2.05) is 0 Å². The fourth-order valence-corrected chi connectivity index (χ4v) is 2.72. The van der Waals surface area contributed by atoms with Gasteiger partial charge in [0, 0.05) is 32.1 Å². The number of rotatable bonds is 1. The van der Waals surface area contributed by atoms with Crippen molar-refractivity contribution in [2.24, 2.45) is 0 Å². The van der Waals surface area contributed by atoms with Crippen LogP contribution in [-0.2, 0) is 4.74 Å². The van der Waals surface area contributed by atoms with Gasteiger partial charge in [0.05, 0.1) is 18.9 Å². The molecule has 134 valence electrons. The molecule has 2 N–H and O–H groups in total. The van der Waals surface area contributed by atoms with E-state index < -0.39 is 12.2 Å². The summed E-state index contributed by atoms with van der Waals surface area (Å²) in [7, 11) is 0. The van der Waals surface area contributed by atoms with Gasteiger partial charge in [-0.1, -0.05) is 19.3 Å². The topological polar surface area (TPSA) is 95.8 Å². The number of nitrogens with zero attached hydrogens (tertiary/aromatic N) is 3. The van der Waals surface area contributed by atoms with Gasteiger partial charge in [0.15, 0.2) is 0 Å². The first kappa shape index (κ1) is 18.8. The Morgan fingerprint density at radius 3 is 2.67 bits per heavy atom. The zero-order valence-corrected chi connectivity index (χ0v) is 14.0. The standard InChI is InChI=1S/C17H27N3O4/c21-15-6-10-20(17(23)14-12-18-7-8-19-14)9-4-2-1-3-5-11-24-13-16(15)22/h7-8,12,15-16,21-22H,1-6,9-11,13H2/t15-,16+/m0/s1. The number of hydrogen-bond acceptors (Lipinski definition) is 6. The molecule has 0 bridgehead atoms. The molecule has 2 heterocycles. The third kappa shape index (κ3) is 6.14. The van der Waals surface area contributed by atoms with E-state index in [0.29, 0.717) is 31.8 Å². The Morgan fingerprint density at radius 1 is 1.08 bits per heavy atom. The molecule has 0 unspecified atom stereocenters. The highest BCUT2D eigenvalue weighted by Gasteiger charge is 2.21. The van der Waals surface area contributed by atoms with Crippen LogP contribution < -0.4 is 0 Å². The summed E-state index contributed by atoms with van der Waals surface area (Å²) in [5.74, 6) is -0.187. The number of carbonyl (C=O) groups excluding carboxylic acids is 1. The third-order valence-corrected chi connectivity index (χ3v) is 4.21. The summed E-state index contributed by atoms with van der Waals surface area (Å²) in [6.07, 6.45) is 8.01. The lowest BCUT2D eigenvalue weighted by Gasteiger charge is -2.25. The summed E-state index contributed by atoms with van der Waals surface area (Å²) >= 11 is 0. The SMILES string of the molecule is O=C(c1cnccn1)N1CCCCCCCOC[C@@H](O)[C@@H](O)CC1. The fourth-order valence-electron chi connectivity index (χ4n) is 2.72. The first-order valence-corrected chi connectivity index (χ1v) is 8.67. The predicted molar refractivity (Wildman–Crippen MR) is 88.5 cm³/mol. The van der Waals surface area contributed by atoms with Gasteiger partial charge in [-0.25, -0.2) is 4.98 Å². The van der Waals surface area contributed by atoms with Gasteiger partial charge in [0.1, 0.15) is 11.8 Å². The molecule has 7 heteroatoms. The minimum Gasteiger partial charge on any atom is -0.390 e. The van der Waals surface area contributed by atoms with Crippen LogP contribution in [0.15, 0.2) is 18.6 Å². The van der Waals surface area contributed by atoms with Gasteiger partial charge in [0.25, 0.3) is 5.91 Å². The largest absolute Gasteiger partial charge is 0.390 e. The molecule has 2 atom stereocenters. The van der Waals surface area contributed by atoms with Crippen molar-refractivity contribution in [1.82, 2.24) is 14.9 Å². The smallest absolute Gasteiger partial charge is 0.274 e. The Kier molecular flexibility index (Phi) is 8.07. The van der Waals surface area contributed by atoms with Gasteiger partial charge in [-0.2, -0.15) is 0 Å². The van der Waals surface area contributed by atoms with Gasteiger partial charge < -0.3 is 19.8 Å². The maximum Gasteiger partial charge on any atom is 0.274 e. The molecule has 1 aliphatic rings. The summed E-state index contributed by atoms with van der Waals surface area (Å²) in [5, 5.41) is 20.0. The van der Waals surface area contributed by atoms with Crippen LogP contribution in [0.1, 0.15) is 49.0 Å². The average molecular weight is 337 g/mol. The van der Waals surface area contributed by atoms with Crippen molar-refractivity contribution in [3.8, 4) is 0 Å². The fraction of sp³-hybridized carbons (Fsp3) is 0.706. The number of aliphatic hydroxyl groups excluding tert-OH is 2. The van der Waals surface area contributed by atoms with Crippen LogP contribution in [0.5, 0.6) is 0 Å². The van der Waals surface area contributed by atoms with Crippen molar-refractivity contribution in [3.05, 3.63) is 24.3 Å². The lowest BCUT2D eigenvalue weighted by atomic mass is 10.1. The van der Waals surface area contributed by atoms with Crippen molar-refractivity contribution in [1.29, 1.82) is 0 Å². The van der Waals surface area contributed by atoms with Crippen molar-refractivity contribution >= 4 is 5.91 Å². The molecule has 1 aromatic rings. The highest BCUT2D eigenvalue weighted by molar-refractivity contribution is 5.91. The second-order valence-corrected chi connectivity index (χ2v) is 6.15. The Balaban J connectivity index is 1.99. The third-order valence-electron chi connectivity index (χ3n) is 4.21. The molecule has 0 spiro atoms. The van der Waals surface area contributed by atoms with Gasteiger partial charge in [-0.3, -0.25) is 9.78 Å². The summed E-state index contributed by atoms with van der Waals surface area (Å²) < 4.78 is 5.40. The van der Waals surface area contributed by atoms with E-state index >= 15 is 0 Å². The van der Waals surface area contributed by atoms with Crippen LogP contribution in [0.25, 0.3) is 0 Å². The molecule has 0 aliphatic carbocycles. The van der Waals surface area contributed by atoms with Crippen LogP contribution in [0.4, 0.5) is 0 Å². The van der Waals surface area contributed by atoms with Crippen LogP contribution in [0.3, 0.4) is 0 Å². The van der Waals surface area contributed by atoms with E-state index in [9.17, 15) is 15.0 Å². The van der Waals surface area contributed by atoms with Crippen molar-refractivity contribution in [2.75, 3.05) is 26.3 Å². The van der Waals surface area contributed by atoms with E-state index in [1.54, 1.807) is 4.90 Å². The Bertz CT molecular complexity index is 486. The molecule has 0 aromatic carbocycles. The quantitative estimate of drug-likeness (QED) is 0.794. The number of aliphatic hydroxyl groups is 2. The van der Waals surface area contributed by atoms with Crippen molar-refractivity contribution in [2.45, 2.75) is 50.7 Å². The molecular formula is C17H27N3O4. The maximum atomic E-state index is 12.6. The highest BCUT2D eigenvalue weighted by Crippen LogP contribution is 2.11. The second-order valence-electron chi connectivity index (χ2n) is 6.15. The normalized spacial score (nSPS) is 25.0. The molecule has 1 aromatic heterocycles. The van der Waals surface area contributed by atoms with Crippen LogP contribution in [-0.4, -0.2) is 69.5 Å². The number of amides is 1. The van der Waals surface area contributed by atoms with E-state index in [4.69, 9.17) is 4.74 Å². The summed E-state index contributed by atoms with van der Waals surface area (Å²) in [4.78, 5) is 22.3. The maximum absolute atomic E-state index is 12.6. The van der Waals surface area contributed by atoms with Gasteiger partial charge in [-0.15, -0.1) is 0 Å². The Morgan fingerprint density at radius 2 is 1.88 bits per heavy atom. The van der Waals surface area contributed by atoms with E-state index in [-0.39, 0.29) is 12.5 Å². The lowest BCUT2D eigenvalue weighted by Crippen LogP contribution is -2.38. The molecule has 24 heavy (non-hydrogen) atoms. The molecule has 1 fully saturated rings. The van der Waals surface area contributed by atoms with Gasteiger partial charge in [0.2, 0.25) is 0 Å². The molecular weight excluding hydrogens is 310 g/mol. The minimum absolute atomic E-state index is 0.124. The molecule has 1 aliphatic heterocycles. The van der Waals surface area contributed by atoms with Crippen LogP contribution >= 0.6 is 0 Å². The van der Waals surface area contributed by atoms with E-state index in [0.717, 1.165) is 32.1 Å². The van der Waals surface area contributed by atoms with E-state index in [1.165, 1.54) is 18.6 Å². The molecule has 0 saturated carbocycles.